The Morgan fingerprint density at radius 1 is 0.741 bits per heavy atom. The maximum absolute atomic E-state index is 13.6. The highest BCUT2D eigenvalue weighted by molar-refractivity contribution is 5.90. The highest BCUT2D eigenvalue weighted by atomic mass is 19.4. The first kappa shape index (κ1) is 42.8. The minimum Gasteiger partial charge on any atom is -0.462 e. The molecule has 1 aliphatic rings. The Balaban J connectivity index is 1.03. The Bertz CT molecular complexity index is 1650. The maximum Gasteiger partial charge on any atom is 0.417 e. The van der Waals surface area contributed by atoms with Gasteiger partial charge in [0.05, 0.1) is 110 Å². The predicted octanol–water partition coefficient (Wildman–Crippen LogP) is 2.84. The van der Waals surface area contributed by atoms with E-state index in [0.29, 0.717) is 90.0 Å². The number of ether oxygens (including phenoxy) is 8. The topological polar surface area (TPSA) is 173 Å². The molecule has 0 saturated carbocycles. The number of carbonyl (C=O) groups excluding carboxylic acids is 2. The number of hydrogen-bond acceptors (Lipinski definition) is 12. The zero-order valence-corrected chi connectivity index (χ0v) is 29.9. The van der Waals surface area contributed by atoms with Crippen molar-refractivity contribution in [3.63, 3.8) is 0 Å². The van der Waals surface area contributed by atoms with Crippen LogP contribution in [0.3, 0.4) is 0 Å². The molecular weight excluding hydrogens is 721 g/mol. The summed E-state index contributed by atoms with van der Waals surface area (Å²) in [6, 6.07) is 10.8. The number of benzene rings is 2. The first-order valence-electron chi connectivity index (χ1n) is 17.6. The van der Waals surface area contributed by atoms with E-state index in [2.05, 4.69) is 10.3 Å². The van der Waals surface area contributed by atoms with Gasteiger partial charge in [-0.2, -0.15) is 13.2 Å². The Labute approximate surface area is 310 Å². The van der Waals surface area contributed by atoms with Crippen LogP contribution in [0, 0.1) is 0 Å². The molecule has 0 aliphatic carbocycles. The van der Waals surface area contributed by atoms with E-state index < -0.39 is 35.2 Å². The molecule has 1 fully saturated rings. The van der Waals surface area contributed by atoms with E-state index in [-0.39, 0.29) is 55.6 Å². The molecule has 2 heterocycles. The molecule has 3 aromatic rings. The Morgan fingerprint density at radius 3 is 1.87 bits per heavy atom. The summed E-state index contributed by atoms with van der Waals surface area (Å²) < 4.78 is 83.3. The Kier molecular flexibility index (Phi) is 18.3. The summed E-state index contributed by atoms with van der Waals surface area (Å²) in [7, 11) is 0. The summed E-state index contributed by atoms with van der Waals surface area (Å²) in [6.45, 7) is 4.55. The predicted molar refractivity (Wildman–Crippen MR) is 188 cm³/mol. The summed E-state index contributed by atoms with van der Waals surface area (Å²) in [5.41, 5.74) is -0.996. The first-order chi connectivity index (χ1) is 26.2. The lowest BCUT2D eigenvalue weighted by molar-refractivity contribution is -0.150. The number of pyridine rings is 1. The van der Waals surface area contributed by atoms with E-state index in [1.807, 2.05) is 0 Å². The van der Waals surface area contributed by atoms with Crippen molar-refractivity contribution in [3.8, 4) is 11.3 Å². The summed E-state index contributed by atoms with van der Waals surface area (Å²) >= 11 is 0. The quantitative estimate of drug-likeness (QED) is 0.0807. The van der Waals surface area contributed by atoms with Crippen molar-refractivity contribution in [3.05, 3.63) is 70.0 Å². The van der Waals surface area contributed by atoms with Crippen molar-refractivity contribution in [2.24, 2.45) is 0 Å². The number of hydrogen-bond donors (Lipinski definition) is 3. The summed E-state index contributed by atoms with van der Waals surface area (Å²) in [5.74, 6) is -1.51. The third-order valence-electron chi connectivity index (χ3n) is 8.11. The van der Waals surface area contributed by atoms with Crippen LogP contribution < -0.4 is 10.9 Å². The minimum atomic E-state index is -4.60. The van der Waals surface area contributed by atoms with Crippen LogP contribution in [0.25, 0.3) is 22.0 Å². The molecule has 4 rings (SSSR count). The minimum absolute atomic E-state index is 0.00591. The van der Waals surface area contributed by atoms with Gasteiger partial charge in [-0.1, -0.05) is 30.3 Å². The second kappa shape index (κ2) is 23.1. The molecule has 0 bridgehead atoms. The van der Waals surface area contributed by atoms with Gasteiger partial charge in [-0.05, 0) is 35.6 Å². The number of esters is 1. The van der Waals surface area contributed by atoms with Crippen molar-refractivity contribution in [1.82, 2.24) is 10.3 Å². The zero-order valence-electron chi connectivity index (χ0n) is 29.9. The number of halogens is 3. The van der Waals surface area contributed by atoms with Crippen LogP contribution in [0.5, 0.6) is 0 Å². The average molecular weight is 769 g/mol. The first-order valence-corrected chi connectivity index (χ1v) is 17.6. The van der Waals surface area contributed by atoms with E-state index >= 15 is 0 Å². The van der Waals surface area contributed by atoms with E-state index in [1.54, 1.807) is 18.2 Å². The molecule has 0 radical (unpaired) electrons. The summed E-state index contributed by atoms with van der Waals surface area (Å²) in [4.78, 5) is 40.5. The van der Waals surface area contributed by atoms with Crippen LogP contribution in [-0.4, -0.2) is 134 Å². The number of nitrogens with one attached hydrogen (secondary N) is 2. The van der Waals surface area contributed by atoms with Crippen molar-refractivity contribution in [1.29, 1.82) is 0 Å². The average Bonchev–Trinajstić information content (AvgIpc) is 3.54. The van der Waals surface area contributed by atoms with Gasteiger partial charge in [0, 0.05) is 16.6 Å². The molecule has 1 unspecified atom stereocenters. The van der Waals surface area contributed by atoms with Gasteiger partial charge < -0.3 is 53.3 Å². The molecule has 1 saturated heterocycles. The van der Waals surface area contributed by atoms with Gasteiger partial charge in [0.2, 0.25) is 5.91 Å². The van der Waals surface area contributed by atoms with Crippen molar-refractivity contribution < 1.29 is 65.8 Å². The van der Waals surface area contributed by atoms with Gasteiger partial charge in [0.1, 0.15) is 13.2 Å². The fourth-order valence-electron chi connectivity index (χ4n) is 5.53. The number of amides is 1. The van der Waals surface area contributed by atoms with Crippen LogP contribution in [0.1, 0.15) is 23.5 Å². The molecule has 2 atom stereocenters. The molecule has 2 aromatic carbocycles. The van der Waals surface area contributed by atoms with E-state index in [1.165, 1.54) is 24.3 Å². The number of rotatable bonds is 26. The second-order valence-corrected chi connectivity index (χ2v) is 12.0. The van der Waals surface area contributed by atoms with Crippen LogP contribution in [0.4, 0.5) is 13.2 Å². The van der Waals surface area contributed by atoms with Crippen molar-refractivity contribution >= 4 is 22.6 Å². The van der Waals surface area contributed by atoms with E-state index in [9.17, 15) is 27.6 Å². The third kappa shape index (κ3) is 14.4. The number of carbonyl (C=O) groups is 2. The highest BCUT2D eigenvalue weighted by Gasteiger charge is 2.35. The SMILES string of the molecule is O=C(COCCOCCOCCOCCOCCOCCOCCO)OCC1C[C@@H](c2ccc3cc(-c4ccccc4C(F)(F)F)[nH]c(=O)c3c2)C(=O)N1. The lowest BCUT2D eigenvalue weighted by atomic mass is 9.93. The molecule has 3 N–H and O–H groups in total. The molecule has 0 spiro atoms. The highest BCUT2D eigenvalue weighted by Crippen LogP contribution is 2.37. The largest absolute Gasteiger partial charge is 0.462 e. The normalized spacial score (nSPS) is 15.9. The molecule has 1 aliphatic heterocycles. The summed E-state index contributed by atoms with van der Waals surface area (Å²) in [6.07, 6.45) is -4.29. The van der Waals surface area contributed by atoms with Crippen molar-refractivity contribution in [2.45, 2.75) is 24.6 Å². The number of aromatic nitrogens is 1. The molecule has 17 heteroatoms. The van der Waals surface area contributed by atoms with Crippen LogP contribution >= 0.6 is 0 Å². The van der Waals surface area contributed by atoms with E-state index in [4.69, 9.17) is 43.0 Å². The fourth-order valence-corrected chi connectivity index (χ4v) is 5.53. The monoisotopic (exact) mass is 768 g/mol. The zero-order chi connectivity index (χ0) is 38.6. The molecule has 1 aromatic heterocycles. The molecule has 54 heavy (non-hydrogen) atoms. The van der Waals surface area contributed by atoms with Crippen molar-refractivity contribution in [2.75, 3.05) is 106 Å². The number of aliphatic hydroxyl groups is 1. The lowest BCUT2D eigenvalue weighted by Gasteiger charge is -2.14. The number of aliphatic hydroxyl groups excluding tert-OH is 1. The molecular formula is C37H47F3N2O12. The maximum atomic E-state index is 13.6. The molecule has 298 valence electrons. The molecule has 1 amide bonds. The van der Waals surface area contributed by atoms with Gasteiger partial charge in [-0.25, -0.2) is 4.79 Å². The number of H-pyrrole nitrogens is 1. The van der Waals surface area contributed by atoms with Crippen LogP contribution in [-0.2, 0) is 53.7 Å². The van der Waals surface area contributed by atoms with Gasteiger partial charge in [-0.3, -0.25) is 9.59 Å². The molecule has 14 nitrogen and oxygen atoms in total. The second-order valence-electron chi connectivity index (χ2n) is 12.0. The Morgan fingerprint density at radius 2 is 1.30 bits per heavy atom. The smallest absolute Gasteiger partial charge is 0.417 e. The standard InChI is InChI=1S/C37H47F3N2O12/c38-37(39,40)32-4-2-1-3-29(32)33-22-27-6-5-26(21-30(27)36(46)42-33)31-23-28(41-35(31)45)24-54-34(44)25-53-20-19-52-18-17-51-16-15-50-14-13-49-12-11-48-10-9-47-8-7-43/h1-6,21-22,28,31,43H,7-20,23-25H2,(H,41,45)(H,42,46)/t28?,31-/m0/s1. The summed E-state index contributed by atoms with van der Waals surface area (Å²) in [5, 5.41) is 12.0. The number of fused-ring (bicyclic) bond motifs is 1. The van der Waals surface area contributed by atoms with Gasteiger partial charge in [-0.15, -0.1) is 0 Å². The van der Waals surface area contributed by atoms with E-state index in [0.717, 1.165) is 6.07 Å². The van der Waals surface area contributed by atoms with Gasteiger partial charge >= 0.3 is 12.1 Å². The van der Waals surface area contributed by atoms with Gasteiger partial charge in [0.15, 0.2) is 0 Å². The van der Waals surface area contributed by atoms with Crippen LogP contribution in [0.15, 0.2) is 53.3 Å². The van der Waals surface area contributed by atoms with Crippen LogP contribution in [0.2, 0.25) is 0 Å². The number of aromatic amines is 1. The van der Waals surface area contributed by atoms with Gasteiger partial charge in [0.25, 0.3) is 5.56 Å². The number of alkyl halides is 3. The fraction of sp³-hybridized carbons (Fsp3) is 0.541. The third-order valence-corrected chi connectivity index (χ3v) is 8.11. The Hall–Kier alpha value is -3.94. The lowest BCUT2D eigenvalue weighted by Crippen LogP contribution is -2.31.